The van der Waals surface area contributed by atoms with Crippen LogP contribution in [0.4, 0.5) is 0 Å². The standard InChI is InChI=1S/C44H80O12S2.C4H10/c1-7-11-15-18-21-24-39(45)52-33-37(32-51-36-50-31-14-10-4)55-42(48)27-29-44(57-5,58-6)30-28-43(49)56-38(34-53-40(46)25-22-19-16-12-8-2)35-54-41(47)26-23-20-17-13-9-3;1-3-4-2/h37-38H,7-36H2,1-6H3;3-4H2,1-2H3. The van der Waals surface area contributed by atoms with E-state index in [9.17, 15) is 24.0 Å². The molecule has 0 aliphatic carbocycles. The predicted molar refractivity (Wildman–Crippen MR) is 253 cm³/mol. The van der Waals surface area contributed by atoms with Crippen molar-refractivity contribution in [2.45, 2.75) is 225 Å². The largest absolute Gasteiger partial charge is 0.462 e. The van der Waals surface area contributed by atoms with Crippen LogP contribution < -0.4 is 0 Å². The molecule has 0 amide bonds. The van der Waals surface area contributed by atoms with E-state index < -0.39 is 28.2 Å². The second-order valence-corrected chi connectivity index (χ2v) is 18.5. The summed E-state index contributed by atoms with van der Waals surface area (Å²) >= 11 is 3.08. The van der Waals surface area contributed by atoms with Crippen molar-refractivity contribution in [2.75, 3.05) is 52.3 Å². The van der Waals surface area contributed by atoms with Crippen LogP contribution in [0.5, 0.6) is 0 Å². The Bertz CT molecular complexity index is 1060. The summed E-state index contributed by atoms with van der Waals surface area (Å²) < 4.78 is 38.4. The summed E-state index contributed by atoms with van der Waals surface area (Å²) in [5.41, 5.74) is 0. The highest BCUT2D eigenvalue weighted by molar-refractivity contribution is 8.17. The molecule has 0 heterocycles. The van der Waals surface area contributed by atoms with Gasteiger partial charge in [0.1, 0.15) is 26.6 Å². The molecule has 1 atom stereocenters. The molecule has 0 N–H and O–H groups in total. The Morgan fingerprint density at radius 1 is 0.403 bits per heavy atom. The summed E-state index contributed by atoms with van der Waals surface area (Å²) in [4.78, 5) is 63.6. The van der Waals surface area contributed by atoms with Gasteiger partial charge in [0, 0.05) is 38.7 Å². The summed E-state index contributed by atoms with van der Waals surface area (Å²) in [6.45, 7) is 13.0. The number of carbonyl (C=O) groups excluding carboxylic acids is 5. The summed E-state index contributed by atoms with van der Waals surface area (Å²) in [5, 5.41) is 0. The highest BCUT2D eigenvalue weighted by Gasteiger charge is 2.31. The normalized spacial score (nSPS) is 11.7. The molecule has 0 aromatic heterocycles. The molecule has 0 aliphatic rings. The third-order valence-electron chi connectivity index (χ3n) is 10.1. The average molecular weight is 923 g/mol. The summed E-state index contributed by atoms with van der Waals surface area (Å²) in [5.74, 6) is -2.06. The van der Waals surface area contributed by atoms with E-state index in [1.54, 1.807) is 23.5 Å². The van der Waals surface area contributed by atoms with Crippen molar-refractivity contribution in [3.8, 4) is 0 Å². The molecular weight excluding hydrogens is 833 g/mol. The minimum atomic E-state index is -0.931. The van der Waals surface area contributed by atoms with Gasteiger partial charge in [0.25, 0.3) is 0 Å². The zero-order valence-electron chi connectivity index (χ0n) is 40.5. The van der Waals surface area contributed by atoms with Gasteiger partial charge in [-0.05, 0) is 51.0 Å². The van der Waals surface area contributed by atoms with Crippen LogP contribution in [0, 0.1) is 0 Å². The summed E-state index contributed by atoms with van der Waals surface area (Å²) in [6.07, 6.45) is 23.4. The molecular formula is C48H90O12S2. The lowest BCUT2D eigenvalue weighted by Gasteiger charge is -2.30. The van der Waals surface area contributed by atoms with Crippen molar-refractivity contribution < 1.29 is 57.1 Å². The Hall–Kier alpha value is -2.03. The molecule has 0 aliphatic heterocycles. The number of carbonyl (C=O) groups is 5. The second kappa shape index (κ2) is 45.5. The van der Waals surface area contributed by atoms with Crippen LogP contribution in [0.15, 0.2) is 0 Å². The van der Waals surface area contributed by atoms with Crippen LogP contribution in [-0.2, 0) is 57.1 Å². The maximum Gasteiger partial charge on any atom is 0.306 e. The first kappa shape index (κ1) is 62.1. The van der Waals surface area contributed by atoms with Crippen molar-refractivity contribution >= 4 is 53.4 Å². The maximum absolute atomic E-state index is 13.2. The van der Waals surface area contributed by atoms with E-state index in [1.165, 1.54) is 12.8 Å². The molecule has 366 valence electrons. The highest BCUT2D eigenvalue weighted by atomic mass is 32.2. The SMILES string of the molecule is CCCC.CCCCCCCC(=O)OCC(COCOCCCC)OC(=O)CCC(CCC(=O)OC(COC(=O)CCCCCCC)COC(=O)CCCCCCC)(SC)SC. The van der Waals surface area contributed by atoms with Crippen molar-refractivity contribution in [3.63, 3.8) is 0 Å². The molecule has 0 saturated carbocycles. The fourth-order valence-electron chi connectivity index (χ4n) is 5.86. The first-order valence-electron chi connectivity index (χ1n) is 24.1. The molecule has 1 unspecified atom stereocenters. The Labute approximate surface area is 386 Å². The number of hydrogen-bond acceptors (Lipinski definition) is 14. The van der Waals surface area contributed by atoms with Gasteiger partial charge < -0.3 is 33.2 Å². The second-order valence-electron chi connectivity index (χ2n) is 15.8. The molecule has 0 aromatic rings. The lowest BCUT2D eigenvalue weighted by Crippen LogP contribution is -2.32. The smallest absolute Gasteiger partial charge is 0.306 e. The highest BCUT2D eigenvalue weighted by Crippen LogP contribution is 2.42. The molecule has 0 aromatic carbocycles. The fourth-order valence-corrected chi connectivity index (χ4v) is 7.75. The number of rotatable bonds is 42. The molecule has 0 fully saturated rings. The minimum absolute atomic E-state index is 0.0212. The van der Waals surface area contributed by atoms with Gasteiger partial charge in [-0.15, -0.1) is 23.5 Å². The van der Waals surface area contributed by atoms with E-state index in [4.69, 9.17) is 33.2 Å². The van der Waals surface area contributed by atoms with Crippen molar-refractivity contribution in [1.29, 1.82) is 0 Å². The Morgan fingerprint density at radius 2 is 0.758 bits per heavy atom. The van der Waals surface area contributed by atoms with Crippen LogP contribution >= 0.6 is 23.5 Å². The fraction of sp³-hybridized carbons (Fsp3) is 0.896. The lowest BCUT2D eigenvalue weighted by molar-refractivity contribution is -0.167. The zero-order chi connectivity index (χ0) is 46.5. The van der Waals surface area contributed by atoms with Crippen LogP contribution in [0.25, 0.3) is 0 Å². The van der Waals surface area contributed by atoms with Gasteiger partial charge in [0.15, 0.2) is 12.2 Å². The minimum Gasteiger partial charge on any atom is -0.462 e. The summed E-state index contributed by atoms with van der Waals surface area (Å²) in [6, 6.07) is 0. The predicted octanol–water partition coefficient (Wildman–Crippen LogP) is 12.1. The third-order valence-corrected chi connectivity index (χ3v) is 13.4. The van der Waals surface area contributed by atoms with E-state index in [2.05, 4.69) is 41.5 Å². The van der Waals surface area contributed by atoms with Crippen LogP contribution in [0.1, 0.15) is 208 Å². The van der Waals surface area contributed by atoms with E-state index in [0.29, 0.717) is 25.9 Å². The number of esters is 5. The first-order valence-corrected chi connectivity index (χ1v) is 26.6. The first-order chi connectivity index (χ1) is 30.0. The van der Waals surface area contributed by atoms with E-state index in [1.807, 2.05) is 12.5 Å². The third kappa shape index (κ3) is 39.6. The van der Waals surface area contributed by atoms with Crippen LogP contribution in [0.2, 0.25) is 0 Å². The molecule has 0 radical (unpaired) electrons. The molecule has 0 bridgehead atoms. The molecule has 0 spiro atoms. The average Bonchev–Trinajstić information content (AvgIpc) is 3.27. The molecule has 0 saturated heterocycles. The van der Waals surface area contributed by atoms with E-state index >= 15 is 0 Å². The summed E-state index contributed by atoms with van der Waals surface area (Å²) in [7, 11) is 0. The monoisotopic (exact) mass is 923 g/mol. The van der Waals surface area contributed by atoms with Gasteiger partial charge in [-0.2, -0.15) is 0 Å². The van der Waals surface area contributed by atoms with Gasteiger partial charge in [0.2, 0.25) is 0 Å². The van der Waals surface area contributed by atoms with Crippen LogP contribution in [-0.4, -0.2) is 98.5 Å². The molecule has 0 rings (SSSR count). The van der Waals surface area contributed by atoms with Crippen LogP contribution in [0.3, 0.4) is 0 Å². The van der Waals surface area contributed by atoms with Gasteiger partial charge in [-0.3, -0.25) is 24.0 Å². The van der Waals surface area contributed by atoms with Crippen molar-refractivity contribution in [3.05, 3.63) is 0 Å². The zero-order valence-corrected chi connectivity index (χ0v) is 42.1. The lowest BCUT2D eigenvalue weighted by atomic mass is 10.1. The quantitative estimate of drug-likeness (QED) is 0.0247. The molecule has 12 nitrogen and oxygen atoms in total. The Morgan fingerprint density at radius 3 is 1.10 bits per heavy atom. The van der Waals surface area contributed by atoms with E-state index in [-0.39, 0.29) is 76.8 Å². The number of thioether (sulfide) groups is 2. The number of hydrogen-bond donors (Lipinski definition) is 0. The topological polar surface area (TPSA) is 150 Å². The van der Waals surface area contributed by atoms with E-state index in [0.717, 1.165) is 109 Å². The van der Waals surface area contributed by atoms with Gasteiger partial charge >= 0.3 is 29.8 Å². The van der Waals surface area contributed by atoms with Gasteiger partial charge in [-0.25, -0.2) is 0 Å². The van der Waals surface area contributed by atoms with Gasteiger partial charge in [0.05, 0.1) is 10.7 Å². The number of ether oxygens (including phenoxy) is 7. The molecule has 62 heavy (non-hydrogen) atoms. The number of unbranched alkanes of at least 4 members (excludes halogenated alkanes) is 14. The van der Waals surface area contributed by atoms with Crippen molar-refractivity contribution in [1.82, 2.24) is 0 Å². The Balaban J connectivity index is 0. The maximum atomic E-state index is 13.2. The van der Waals surface area contributed by atoms with Gasteiger partial charge in [-0.1, -0.05) is 138 Å². The van der Waals surface area contributed by atoms with Crippen molar-refractivity contribution in [2.24, 2.45) is 0 Å². The molecule has 14 heteroatoms. The Kier molecular flexibility index (Phi) is 45.6.